The van der Waals surface area contributed by atoms with Crippen molar-refractivity contribution in [2.24, 2.45) is 0 Å². The van der Waals surface area contributed by atoms with Crippen molar-refractivity contribution in [3.8, 4) is 0 Å². The summed E-state index contributed by atoms with van der Waals surface area (Å²) in [4.78, 5) is 15.3. The van der Waals surface area contributed by atoms with Gasteiger partial charge in [-0.3, -0.25) is 0 Å². The summed E-state index contributed by atoms with van der Waals surface area (Å²) in [6.45, 7) is 6.02. The molecule has 1 rings (SSSR count). The maximum absolute atomic E-state index is 11.1. The highest BCUT2D eigenvalue weighted by molar-refractivity contribution is 5.71. The van der Waals surface area contributed by atoms with Crippen LogP contribution in [-0.2, 0) is 4.79 Å². The number of nitrogens with zero attached hydrogens (tertiary/aromatic N) is 2. The van der Waals surface area contributed by atoms with E-state index in [1.54, 1.807) is 17.0 Å². The molecule has 0 spiro atoms. The van der Waals surface area contributed by atoms with E-state index in [0.29, 0.717) is 6.42 Å². The van der Waals surface area contributed by atoms with E-state index in [-0.39, 0.29) is 5.92 Å². The van der Waals surface area contributed by atoms with Crippen molar-refractivity contribution in [3.63, 3.8) is 0 Å². The summed E-state index contributed by atoms with van der Waals surface area (Å²) in [5.41, 5.74) is 0. The van der Waals surface area contributed by atoms with E-state index >= 15 is 0 Å². The Labute approximate surface area is 89.9 Å². The van der Waals surface area contributed by atoms with Crippen LogP contribution < -0.4 is 0 Å². The van der Waals surface area contributed by atoms with Crippen LogP contribution in [0.15, 0.2) is 12.4 Å². The quantitative estimate of drug-likeness (QED) is 0.812. The Hall–Kier alpha value is -1.32. The first-order valence-corrected chi connectivity index (χ1v) is 5.33. The smallest absolute Gasteiger partial charge is 0.326 e. The molecule has 4 heteroatoms. The third-order valence-corrected chi connectivity index (χ3v) is 2.40. The van der Waals surface area contributed by atoms with Crippen molar-refractivity contribution in [1.29, 1.82) is 0 Å². The van der Waals surface area contributed by atoms with Crippen molar-refractivity contribution >= 4 is 5.97 Å². The predicted octanol–water partition coefficient (Wildman–Crippen LogP) is 2.43. The molecule has 84 valence electrons. The third kappa shape index (κ3) is 2.58. The second-order valence-corrected chi connectivity index (χ2v) is 3.99. The van der Waals surface area contributed by atoms with Crippen LogP contribution in [0, 0.1) is 0 Å². The molecule has 1 N–H and O–H groups in total. The molecule has 0 aliphatic rings. The lowest BCUT2D eigenvalue weighted by Gasteiger charge is -2.17. The van der Waals surface area contributed by atoms with Crippen LogP contribution in [0.2, 0.25) is 0 Å². The number of carboxylic acid groups (broad SMARTS) is 1. The van der Waals surface area contributed by atoms with E-state index in [4.69, 9.17) is 5.11 Å². The van der Waals surface area contributed by atoms with Crippen LogP contribution >= 0.6 is 0 Å². The molecule has 0 fully saturated rings. The highest BCUT2D eigenvalue weighted by atomic mass is 16.4. The highest BCUT2D eigenvalue weighted by Gasteiger charge is 2.21. The topological polar surface area (TPSA) is 55.1 Å². The van der Waals surface area contributed by atoms with Gasteiger partial charge < -0.3 is 9.67 Å². The lowest BCUT2D eigenvalue weighted by atomic mass is 10.1. The Bertz CT molecular complexity index is 331. The average Bonchev–Trinajstić information content (AvgIpc) is 2.61. The summed E-state index contributed by atoms with van der Waals surface area (Å²) >= 11 is 0. The molecular weight excluding hydrogens is 192 g/mol. The van der Waals surface area contributed by atoms with Gasteiger partial charge in [0.15, 0.2) is 0 Å². The Morgan fingerprint density at radius 3 is 2.73 bits per heavy atom. The number of imidazole rings is 1. The lowest BCUT2D eigenvalue weighted by molar-refractivity contribution is -0.141. The molecule has 1 heterocycles. The van der Waals surface area contributed by atoms with Gasteiger partial charge in [-0.2, -0.15) is 0 Å². The molecule has 4 nitrogen and oxygen atoms in total. The minimum Gasteiger partial charge on any atom is -0.480 e. The highest BCUT2D eigenvalue weighted by Crippen LogP contribution is 2.20. The van der Waals surface area contributed by atoms with Crippen molar-refractivity contribution in [2.75, 3.05) is 0 Å². The zero-order valence-electron chi connectivity index (χ0n) is 9.47. The first kappa shape index (κ1) is 11.8. The van der Waals surface area contributed by atoms with E-state index in [1.807, 2.05) is 20.8 Å². The van der Waals surface area contributed by atoms with Crippen molar-refractivity contribution in [2.45, 2.75) is 45.6 Å². The van der Waals surface area contributed by atoms with E-state index in [2.05, 4.69) is 4.98 Å². The number of aromatic nitrogens is 2. The SMILES string of the molecule is CCCC(C(=O)O)n1ccnc1C(C)C. The standard InChI is InChI=1S/C11H18N2O2/c1-4-5-9(11(14)15)13-7-6-12-10(13)8(2)3/h6-9H,4-5H2,1-3H3,(H,14,15). The van der Waals surface area contributed by atoms with Gasteiger partial charge in [-0.05, 0) is 6.42 Å². The second kappa shape index (κ2) is 4.96. The average molecular weight is 210 g/mol. The third-order valence-electron chi connectivity index (χ3n) is 2.40. The Morgan fingerprint density at radius 1 is 1.60 bits per heavy atom. The second-order valence-electron chi connectivity index (χ2n) is 3.99. The van der Waals surface area contributed by atoms with Crippen LogP contribution in [-0.4, -0.2) is 20.6 Å². The summed E-state index contributed by atoms with van der Waals surface area (Å²) < 4.78 is 1.77. The number of aliphatic carboxylic acids is 1. The first-order valence-electron chi connectivity index (χ1n) is 5.33. The van der Waals surface area contributed by atoms with Gasteiger partial charge in [0.2, 0.25) is 0 Å². The Balaban J connectivity index is 3.00. The zero-order valence-corrected chi connectivity index (χ0v) is 9.47. The van der Waals surface area contributed by atoms with Gasteiger partial charge in [-0.1, -0.05) is 27.2 Å². The van der Waals surface area contributed by atoms with E-state index < -0.39 is 12.0 Å². The fourth-order valence-corrected chi connectivity index (χ4v) is 1.69. The fraction of sp³-hybridized carbons (Fsp3) is 0.636. The van der Waals surface area contributed by atoms with Crippen molar-refractivity contribution < 1.29 is 9.90 Å². The van der Waals surface area contributed by atoms with Gasteiger partial charge in [0, 0.05) is 18.3 Å². The normalized spacial score (nSPS) is 13.1. The molecule has 0 amide bonds. The maximum atomic E-state index is 11.1. The molecule has 1 aromatic rings. The van der Waals surface area contributed by atoms with Crippen LogP contribution in [0.1, 0.15) is 51.4 Å². The lowest BCUT2D eigenvalue weighted by Crippen LogP contribution is -2.20. The van der Waals surface area contributed by atoms with Crippen LogP contribution in [0.5, 0.6) is 0 Å². The van der Waals surface area contributed by atoms with E-state index in [1.165, 1.54) is 0 Å². The van der Waals surface area contributed by atoms with E-state index in [0.717, 1.165) is 12.2 Å². The molecule has 0 radical (unpaired) electrons. The molecule has 0 bridgehead atoms. The maximum Gasteiger partial charge on any atom is 0.326 e. The molecule has 0 saturated carbocycles. The fourth-order valence-electron chi connectivity index (χ4n) is 1.69. The molecule has 0 aliphatic carbocycles. The summed E-state index contributed by atoms with van der Waals surface area (Å²) in [6, 6.07) is -0.477. The van der Waals surface area contributed by atoms with Crippen LogP contribution in [0.3, 0.4) is 0 Å². The van der Waals surface area contributed by atoms with Gasteiger partial charge in [-0.25, -0.2) is 9.78 Å². The summed E-state index contributed by atoms with van der Waals surface area (Å²) in [7, 11) is 0. The molecule has 0 saturated heterocycles. The number of carboxylic acids is 1. The summed E-state index contributed by atoms with van der Waals surface area (Å²) in [5, 5.41) is 9.13. The minimum absolute atomic E-state index is 0.249. The van der Waals surface area contributed by atoms with Gasteiger partial charge in [-0.15, -0.1) is 0 Å². The summed E-state index contributed by atoms with van der Waals surface area (Å²) in [6.07, 6.45) is 4.92. The number of rotatable bonds is 5. The molecule has 0 aromatic carbocycles. The molecule has 1 atom stereocenters. The van der Waals surface area contributed by atoms with Crippen LogP contribution in [0.4, 0.5) is 0 Å². The molecule has 0 aliphatic heterocycles. The molecule has 1 aromatic heterocycles. The predicted molar refractivity (Wildman–Crippen MR) is 57.9 cm³/mol. The largest absolute Gasteiger partial charge is 0.480 e. The van der Waals surface area contributed by atoms with Crippen molar-refractivity contribution in [3.05, 3.63) is 18.2 Å². The Kier molecular flexibility index (Phi) is 3.88. The van der Waals surface area contributed by atoms with E-state index in [9.17, 15) is 4.79 Å². The zero-order chi connectivity index (χ0) is 11.4. The van der Waals surface area contributed by atoms with Crippen LogP contribution in [0.25, 0.3) is 0 Å². The number of carbonyl (C=O) groups is 1. The molecule has 15 heavy (non-hydrogen) atoms. The minimum atomic E-state index is -0.781. The van der Waals surface area contributed by atoms with Crippen molar-refractivity contribution in [1.82, 2.24) is 9.55 Å². The monoisotopic (exact) mass is 210 g/mol. The molecule has 1 unspecified atom stereocenters. The van der Waals surface area contributed by atoms with Gasteiger partial charge in [0.1, 0.15) is 11.9 Å². The Morgan fingerprint density at radius 2 is 2.27 bits per heavy atom. The molecular formula is C11H18N2O2. The van der Waals surface area contributed by atoms with Gasteiger partial charge >= 0.3 is 5.97 Å². The number of hydrogen-bond donors (Lipinski definition) is 1. The first-order chi connectivity index (χ1) is 7.07. The summed E-state index contributed by atoms with van der Waals surface area (Å²) in [5.74, 6) is 0.311. The van der Waals surface area contributed by atoms with Gasteiger partial charge in [0.25, 0.3) is 0 Å². The van der Waals surface area contributed by atoms with Gasteiger partial charge in [0.05, 0.1) is 0 Å². The number of hydrogen-bond acceptors (Lipinski definition) is 2.